The van der Waals surface area contributed by atoms with Crippen LogP contribution in [0.25, 0.3) is 0 Å². The highest BCUT2D eigenvalue weighted by Gasteiger charge is 2.27. The minimum absolute atomic E-state index is 0.275. The first-order valence-electron chi connectivity index (χ1n) is 5.60. The maximum absolute atomic E-state index is 12.2. The van der Waals surface area contributed by atoms with Gasteiger partial charge in [-0.3, -0.25) is 14.7 Å². The van der Waals surface area contributed by atoms with Crippen molar-refractivity contribution >= 4 is 39.3 Å². The van der Waals surface area contributed by atoms with Gasteiger partial charge in [-0.1, -0.05) is 0 Å². The second kappa shape index (κ2) is 4.89. The van der Waals surface area contributed by atoms with Crippen molar-refractivity contribution < 1.29 is 9.53 Å². The molecule has 1 saturated carbocycles. The van der Waals surface area contributed by atoms with Crippen molar-refractivity contribution in [3.8, 4) is 5.88 Å². The van der Waals surface area contributed by atoms with E-state index in [1.807, 2.05) is 4.57 Å². The molecule has 0 spiro atoms. The van der Waals surface area contributed by atoms with Crippen LogP contribution in [0.15, 0.2) is 10.8 Å². The molecule has 2 aromatic rings. The Hall–Kier alpha value is -1.48. The quantitative estimate of drug-likeness (QED) is 0.918. The van der Waals surface area contributed by atoms with Gasteiger partial charge in [-0.15, -0.1) is 10.2 Å². The Labute approximate surface area is 121 Å². The highest BCUT2D eigenvalue weighted by atomic mass is 79.9. The fraction of sp³-hybridized carbons (Fsp3) is 0.400. The van der Waals surface area contributed by atoms with Crippen LogP contribution in [0.1, 0.15) is 28.6 Å². The lowest BCUT2D eigenvalue weighted by atomic mass is 10.4. The number of ether oxygens (including phenoxy) is 1. The van der Waals surface area contributed by atoms with Gasteiger partial charge in [0.05, 0.1) is 7.11 Å². The minimum Gasteiger partial charge on any atom is -0.480 e. The molecule has 9 heteroatoms. The van der Waals surface area contributed by atoms with E-state index < -0.39 is 0 Å². The van der Waals surface area contributed by atoms with E-state index in [4.69, 9.17) is 4.74 Å². The normalized spacial score (nSPS) is 14.4. The lowest BCUT2D eigenvalue weighted by molar-refractivity contribution is 0.102. The summed E-state index contributed by atoms with van der Waals surface area (Å²) in [7, 11) is 1.51. The van der Waals surface area contributed by atoms with Gasteiger partial charge in [0.25, 0.3) is 5.91 Å². The number of carbonyl (C=O) groups is 1. The largest absolute Gasteiger partial charge is 0.480 e. The molecule has 0 aliphatic heterocycles. The third kappa shape index (κ3) is 2.35. The summed E-state index contributed by atoms with van der Waals surface area (Å²) < 4.78 is 11.5. The summed E-state index contributed by atoms with van der Waals surface area (Å²) in [6.45, 7) is 0. The number of aromatic nitrogens is 4. The van der Waals surface area contributed by atoms with Crippen LogP contribution in [0.2, 0.25) is 0 Å². The van der Waals surface area contributed by atoms with Crippen molar-refractivity contribution in [3.63, 3.8) is 0 Å². The lowest BCUT2D eigenvalue weighted by Gasteiger charge is -2.05. The van der Waals surface area contributed by atoms with Gasteiger partial charge in [-0.25, -0.2) is 0 Å². The fourth-order valence-electron chi connectivity index (χ4n) is 1.64. The van der Waals surface area contributed by atoms with Crippen molar-refractivity contribution in [1.29, 1.82) is 0 Å². The van der Waals surface area contributed by atoms with Gasteiger partial charge in [0.1, 0.15) is 15.7 Å². The Balaban J connectivity index is 1.80. The van der Waals surface area contributed by atoms with E-state index in [0.29, 0.717) is 27.2 Å². The minimum atomic E-state index is -0.275. The molecule has 19 heavy (non-hydrogen) atoms. The molecule has 2 aromatic heterocycles. The molecule has 100 valence electrons. The monoisotopic (exact) mass is 343 g/mol. The molecule has 0 unspecified atom stereocenters. The third-order valence-electron chi connectivity index (χ3n) is 2.75. The molecule has 0 radical (unpaired) electrons. The molecule has 1 amide bonds. The Bertz CT molecular complexity index is 621. The van der Waals surface area contributed by atoms with E-state index in [0.717, 1.165) is 24.4 Å². The van der Waals surface area contributed by atoms with Crippen LogP contribution in [0.3, 0.4) is 0 Å². The van der Waals surface area contributed by atoms with Gasteiger partial charge in [0, 0.05) is 6.04 Å². The van der Waals surface area contributed by atoms with E-state index in [-0.39, 0.29) is 5.91 Å². The predicted molar refractivity (Wildman–Crippen MR) is 72.6 cm³/mol. The van der Waals surface area contributed by atoms with Crippen molar-refractivity contribution in [1.82, 2.24) is 19.1 Å². The fourth-order valence-corrected chi connectivity index (χ4v) is 3.05. The molecule has 1 N–H and O–H groups in total. The van der Waals surface area contributed by atoms with Gasteiger partial charge in [-0.05, 0) is 40.3 Å². The number of hydrogen-bond donors (Lipinski definition) is 1. The van der Waals surface area contributed by atoms with E-state index in [1.54, 1.807) is 6.33 Å². The number of halogens is 1. The molecule has 1 aliphatic rings. The number of methoxy groups -OCH3 is 1. The van der Waals surface area contributed by atoms with Crippen LogP contribution in [-0.2, 0) is 0 Å². The average molecular weight is 344 g/mol. The topological polar surface area (TPSA) is 81.9 Å². The average Bonchev–Trinajstić information content (AvgIpc) is 3.03. The zero-order chi connectivity index (χ0) is 13.4. The summed E-state index contributed by atoms with van der Waals surface area (Å²) in [6.07, 6.45) is 3.83. The van der Waals surface area contributed by atoms with Crippen LogP contribution >= 0.6 is 27.5 Å². The summed E-state index contributed by atoms with van der Waals surface area (Å²) in [5, 5.41) is 10.5. The molecule has 0 aromatic carbocycles. The predicted octanol–water partition coefficient (Wildman–Crippen LogP) is 2.09. The van der Waals surface area contributed by atoms with Crippen LogP contribution in [0.4, 0.5) is 5.95 Å². The van der Waals surface area contributed by atoms with Crippen molar-refractivity contribution in [2.24, 2.45) is 0 Å². The maximum atomic E-state index is 12.2. The number of rotatable bonds is 4. The van der Waals surface area contributed by atoms with Gasteiger partial charge >= 0.3 is 0 Å². The molecular weight excluding hydrogens is 334 g/mol. The Kier molecular flexibility index (Phi) is 3.23. The molecule has 2 heterocycles. The second-order valence-electron chi connectivity index (χ2n) is 4.08. The molecule has 1 fully saturated rings. The smallest absolute Gasteiger partial charge is 0.271 e. The molecule has 1 aliphatic carbocycles. The third-order valence-corrected chi connectivity index (χ3v) is 4.57. The zero-order valence-electron chi connectivity index (χ0n) is 9.96. The van der Waals surface area contributed by atoms with Gasteiger partial charge in [0.15, 0.2) is 0 Å². The SMILES string of the molecule is COc1nsc(C(=O)Nc2nncn2C2CC2)c1Br. The Morgan fingerprint density at radius 2 is 2.42 bits per heavy atom. The molecular formula is C10H10BrN5O2S. The van der Waals surface area contributed by atoms with E-state index in [2.05, 4.69) is 35.8 Å². The first-order valence-corrected chi connectivity index (χ1v) is 7.17. The summed E-state index contributed by atoms with van der Waals surface area (Å²) in [6, 6.07) is 0.407. The molecule has 0 saturated heterocycles. The number of carbonyl (C=O) groups excluding carboxylic acids is 1. The van der Waals surface area contributed by atoms with Crippen molar-refractivity contribution in [2.75, 3.05) is 12.4 Å². The highest BCUT2D eigenvalue weighted by molar-refractivity contribution is 9.10. The van der Waals surface area contributed by atoms with E-state index in [9.17, 15) is 4.79 Å². The van der Waals surface area contributed by atoms with E-state index >= 15 is 0 Å². The highest BCUT2D eigenvalue weighted by Crippen LogP contribution is 2.37. The van der Waals surface area contributed by atoms with Gasteiger partial charge in [-0.2, -0.15) is 4.37 Å². The molecule has 0 atom stereocenters. The van der Waals surface area contributed by atoms with Crippen molar-refractivity contribution in [2.45, 2.75) is 18.9 Å². The maximum Gasteiger partial charge on any atom is 0.271 e. The number of hydrogen-bond acceptors (Lipinski definition) is 6. The van der Waals surface area contributed by atoms with Crippen LogP contribution in [0, 0.1) is 0 Å². The Morgan fingerprint density at radius 1 is 1.63 bits per heavy atom. The van der Waals surface area contributed by atoms with Crippen molar-refractivity contribution in [3.05, 3.63) is 15.7 Å². The van der Waals surface area contributed by atoms with Crippen LogP contribution < -0.4 is 10.1 Å². The zero-order valence-corrected chi connectivity index (χ0v) is 12.4. The van der Waals surface area contributed by atoms with Crippen LogP contribution in [0.5, 0.6) is 5.88 Å². The first kappa shape index (κ1) is 12.5. The van der Waals surface area contributed by atoms with Gasteiger partial charge in [0.2, 0.25) is 11.8 Å². The summed E-state index contributed by atoms with van der Waals surface area (Å²) >= 11 is 4.36. The number of nitrogens with one attached hydrogen (secondary N) is 1. The Morgan fingerprint density at radius 3 is 3.05 bits per heavy atom. The molecule has 7 nitrogen and oxygen atoms in total. The molecule has 3 rings (SSSR count). The summed E-state index contributed by atoms with van der Waals surface area (Å²) in [5.41, 5.74) is 0. The van der Waals surface area contributed by atoms with E-state index in [1.165, 1.54) is 7.11 Å². The lowest BCUT2D eigenvalue weighted by Crippen LogP contribution is -2.14. The summed E-state index contributed by atoms with van der Waals surface area (Å²) in [4.78, 5) is 12.6. The number of nitrogens with zero attached hydrogens (tertiary/aromatic N) is 4. The summed E-state index contributed by atoms with van der Waals surface area (Å²) in [5.74, 6) is 0.591. The number of amides is 1. The molecule has 0 bridgehead atoms. The van der Waals surface area contributed by atoms with Crippen LogP contribution in [-0.4, -0.2) is 32.2 Å². The standard InChI is InChI=1S/C10H10BrN5O2S/c1-18-9-6(11)7(19-15-9)8(17)13-10-14-12-4-16(10)5-2-3-5/h4-5H,2-3H2,1H3,(H,13,14,17). The first-order chi connectivity index (χ1) is 9.20. The second-order valence-corrected chi connectivity index (χ2v) is 5.65. The number of anilines is 1. The van der Waals surface area contributed by atoms with Gasteiger partial charge < -0.3 is 4.74 Å².